The molecule has 5 aliphatic rings. The fraction of sp³-hybridized carbons (Fsp3) is 0.867. The zero-order valence-corrected chi connectivity index (χ0v) is 21.6. The van der Waals surface area contributed by atoms with Gasteiger partial charge in [0.2, 0.25) is 0 Å². The van der Waals surface area contributed by atoms with E-state index < -0.39 is 0 Å². The molecule has 9 atom stereocenters. The molecule has 0 heterocycles. The molecule has 0 aromatic rings. The van der Waals surface area contributed by atoms with Gasteiger partial charge in [-0.1, -0.05) is 46.8 Å². The lowest BCUT2D eigenvalue weighted by Crippen LogP contribution is -2.66. The zero-order valence-electron chi connectivity index (χ0n) is 21.6. The van der Waals surface area contributed by atoms with E-state index in [2.05, 4.69) is 48.1 Å². The lowest BCUT2D eigenvalue weighted by molar-refractivity contribution is -0.231. The number of aldehydes is 1. The summed E-state index contributed by atoms with van der Waals surface area (Å²) in [5.74, 6) is 3.34. The summed E-state index contributed by atoms with van der Waals surface area (Å²) in [7, 11) is 0. The van der Waals surface area contributed by atoms with Crippen LogP contribution >= 0.6 is 0 Å². The van der Waals surface area contributed by atoms with E-state index in [1.165, 1.54) is 44.0 Å². The molecule has 5 saturated carbocycles. The van der Waals surface area contributed by atoms with Crippen molar-refractivity contribution in [1.82, 2.24) is 0 Å². The molecule has 32 heavy (non-hydrogen) atoms. The molecule has 0 aromatic carbocycles. The summed E-state index contributed by atoms with van der Waals surface area (Å²) in [6.07, 6.45) is 12.7. The molecule has 0 aliphatic heterocycles. The van der Waals surface area contributed by atoms with Gasteiger partial charge in [0.1, 0.15) is 12.1 Å². The molecule has 0 N–H and O–H groups in total. The molecular weight excluding hydrogens is 392 g/mol. The van der Waals surface area contributed by atoms with E-state index in [0.717, 1.165) is 32.1 Å². The van der Waals surface area contributed by atoms with Crippen molar-refractivity contribution in [2.24, 2.45) is 56.7 Å². The van der Waals surface area contributed by atoms with Crippen molar-refractivity contribution < 1.29 is 9.59 Å². The van der Waals surface area contributed by atoms with Gasteiger partial charge in [-0.2, -0.15) is 0 Å². The van der Waals surface area contributed by atoms with Gasteiger partial charge >= 0.3 is 0 Å². The van der Waals surface area contributed by atoms with Crippen molar-refractivity contribution in [2.45, 2.75) is 106 Å². The van der Waals surface area contributed by atoms with Crippen molar-refractivity contribution in [1.29, 1.82) is 0 Å². The molecule has 0 aromatic heterocycles. The van der Waals surface area contributed by atoms with Crippen molar-refractivity contribution in [2.75, 3.05) is 0 Å². The SMILES string of the molecule is C=C(C)[C@@H]1CC[C@]2(C=O)CC[C@]3(C)[C@H](CC[C@@H]4[C@@]5(C)CCC(=O)C(C)(C)[C@H]5CC[C@]43C)[C@@H]12. The summed E-state index contributed by atoms with van der Waals surface area (Å²) in [4.78, 5) is 25.4. The van der Waals surface area contributed by atoms with Crippen LogP contribution in [0, 0.1) is 56.7 Å². The van der Waals surface area contributed by atoms with E-state index in [9.17, 15) is 9.59 Å². The van der Waals surface area contributed by atoms with E-state index in [1.54, 1.807) is 0 Å². The highest BCUT2D eigenvalue weighted by Gasteiger charge is 2.70. The average Bonchev–Trinajstić information content (AvgIpc) is 3.12. The molecule has 0 bridgehead atoms. The normalized spacial score (nSPS) is 54.1. The Morgan fingerprint density at radius 3 is 2.25 bits per heavy atom. The lowest BCUT2D eigenvalue weighted by Gasteiger charge is -2.72. The Kier molecular flexibility index (Phi) is 4.87. The second-order valence-corrected chi connectivity index (χ2v) is 14.2. The molecule has 0 saturated heterocycles. The van der Waals surface area contributed by atoms with Crippen LogP contribution in [0.3, 0.4) is 0 Å². The number of ketones is 1. The third-order valence-corrected chi connectivity index (χ3v) is 13.1. The van der Waals surface area contributed by atoms with Gasteiger partial charge < -0.3 is 4.79 Å². The topological polar surface area (TPSA) is 34.1 Å². The Labute approximate surface area is 196 Å². The van der Waals surface area contributed by atoms with Gasteiger partial charge in [-0.05, 0) is 111 Å². The molecule has 178 valence electrons. The maximum atomic E-state index is 12.9. The second-order valence-electron chi connectivity index (χ2n) is 14.2. The first kappa shape index (κ1) is 22.9. The summed E-state index contributed by atoms with van der Waals surface area (Å²) in [5.41, 5.74) is 1.87. The van der Waals surface area contributed by atoms with Crippen molar-refractivity contribution >= 4 is 12.1 Å². The van der Waals surface area contributed by atoms with Crippen LogP contribution in [-0.4, -0.2) is 12.1 Å². The van der Waals surface area contributed by atoms with Crippen LogP contribution in [0.1, 0.15) is 106 Å². The van der Waals surface area contributed by atoms with Crippen molar-refractivity contribution in [3.8, 4) is 0 Å². The van der Waals surface area contributed by atoms with Crippen LogP contribution in [0.5, 0.6) is 0 Å². The van der Waals surface area contributed by atoms with E-state index in [0.29, 0.717) is 40.8 Å². The minimum atomic E-state index is -0.179. The Morgan fingerprint density at radius 1 is 0.875 bits per heavy atom. The highest BCUT2D eigenvalue weighted by atomic mass is 16.1. The van der Waals surface area contributed by atoms with Crippen LogP contribution in [-0.2, 0) is 9.59 Å². The maximum Gasteiger partial charge on any atom is 0.138 e. The lowest BCUT2D eigenvalue weighted by atomic mass is 9.32. The summed E-state index contributed by atoms with van der Waals surface area (Å²) in [5, 5.41) is 0. The molecule has 0 spiro atoms. The van der Waals surface area contributed by atoms with Gasteiger partial charge in [0.15, 0.2) is 0 Å². The van der Waals surface area contributed by atoms with Crippen LogP contribution in [0.2, 0.25) is 0 Å². The third-order valence-electron chi connectivity index (χ3n) is 13.1. The quantitative estimate of drug-likeness (QED) is 0.332. The summed E-state index contributed by atoms with van der Waals surface area (Å²) >= 11 is 0. The third kappa shape index (κ3) is 2.54. The number of fused-ring (bicyclic) bond motifs is 7. The molecule has 2 heteroatoms. The minimum absolute atomic E-state index is 0.0999. The molecular formula is C30H46O2. The molecule has 5 rings (SSSR count). The zero-order chi connectivity index (χ0) is 23.3. The van der Waals surface area contributed by atoms with E-state index in [1.807, 2.05) is 0 Å². The second kappa shape index (κ2) is 6.82. The van der Waals surface area contributed by atoms with Crippen LogP contribution < -0.4 is 0 Å². The number of hydrogen-bond donors (Lipinski definition) is 0. The number of hydrogen-bond acceptors (Lipinski definition) is 2. The van der Waals surface area contributed by atoms with Gasteiger partial charge in [-0.3, -0.25) is 4.79 Å². The highest BCUT2D eigenvalue weighted by Crippen LogP contribution is 2.77. The van der Waals surface area contributed by atoms with Crippen LogP contribution in [0.4, 0.5) is 0 Å². The van der Waals surface area contributed by atoms with Crippen LogP contribution in [0.15, 0.2) is 12.2 Å². The standard InChI is InChI=1S/C30H46O2/c1-19(2)20-10-15-30(18-31)17-16-28(6)21(25(20)30)8-9-23-27(5)13-12-24(32)26(3,4)22(27)11-14-29(23,28)7/h18,20-23,25H,1,8-17H2,2-7H3/t20-,21+,22+,23+,25+,27-,28+,29+,30+/m0/s1. The summed E-state index contributed by atoms with van der Waals surface area (Å²) < 4.78 is 0. The number of carbonyl (C=O) groups excluding carboxylic acids is 2. The first-order chi connectivity index (χ1) is 14.9. The smallest absolute Gasteiger partial charge is 0.138 e. The Balaban J connectivity index is 1.56. The predicted molar refractivity (Wildman–Crippen MR) is 130 cm³/mol. The predicted octanol–water partition coefficient (Wildman–Crippen LogP) is 7.41. The fourth-order valence-electron chi connectivity index (χ4n) is 11.2. The molecule has 2 nitrogen and oxygen atoms in total. The maximum absolute atomic E-state index is 12.9. The van der Waals surface area contributed by atoms with E-state index >= 15 is 0 Å². The van der Waals surface area contributed by atoms with Crippen molar-refractivity contribution in [3.63, 3.8) is 0 Å². The first-order valence-electron chi connectivity index (χ1n) is 13.5. The highest BCUT2D eigenvalue weighted by molar-refractivity contribution is 5.85. The number of rotatable bonds is 2. The molecule has 5 aliphatic carbocycles. The van der Waals surface area contributed by atoms with E-state index in [4.69, 9.17) is 0 Å². The largest absolute Gasteiger partial charge is 0.303 e. The Morgan fingerprint density at radius 2 is 1.59 bits per heavy atom. The van der Waals surface area contributed by atoms with Gasteiger partial charge in [0, 0.05) is 17.3 Å². The summed E-state index contributed by atoms with van der Waals surface area (Å²) in [6, 6.07) is 0. The first-order valence-corrected chi connectivity index (χ1v) is 13.5. The molecule has 5 fully saturated rings. The molecule has 0 unspecified atom stereocenters. The number of Topliss-reactive ketones (excluding diaryl/α,β-unsaturated/α-hetero) is 1. The Bertz CT molecular complexity index is 855. The van der Waals surface area contributed by atoms with Gasteiger partial charge in [-0.25, -0.2) is 0 Å². The minimum Gasteiger partial charge on any atom is -0.303 e. The molecule has 0 radical (unpaired) electrons. The van der Waals surface area contributed by atoms with Gasteiger partial charge in [0.25, 0.3) is 0 Å². The van der Waals surface area contributed by atoms with Gasteiger partial charge in [0.05, 0.1) is 0 Å². The van der Waals surface area contributed by atoms with Crippen molar-refractivity contribution in [3.05, 3.63) is 12.2 Å². The molecule has 0 amide bonds. The van der Waals surface area contributed by atoms with E-state index in [-0.39, 0.29) is 21.7 Å². The van der Waals surface area contributed by atoms with Crippen LogP contribution in [0.25, 0.3) is 0 Å². The summed E-state index contributed by atoms with van der Waals surface area (Å²) in [6.45, 7) is 18.9. The van der Waals surface area contributed by atoms with Gasteiger partial charge in [-0.15, -0.1) is 0 Å². The monoisotopic (exact) mass is 438 g/mol. The number of allylic oxidation sites excluding steroid dienone is 1. The fourth-order valence-corrected chi connectivity index (χ4v) is 11.2. The average molecular weight is 439 g/mol. The Hall–Kier alpha value is -0.920. The number of carbonyl (C=O) groups is 2.